The van der Waals surface area contributed by atoms with Crippen molar-refractivity contribution in [2.24, 2.45) is 11.7 Å². The van der Waals surface area contributed by atoms with Crippen molar-refractivity contribution in [2.45, 2.75) is 38.6 Å². The van der Waals surface area contributed by atoms with Crippen LogP contribution in [0, 0.1) is 12.8 Å². The Bertz CT molecular complexity index is 529. The van der Waals surface area contributed by atoms with Crippen LogP contribution in [0.25, 0.3) is 0 Å². The molecule has 1 unspecified atom stereocenters. The molecule has 1 aromatic carbocycles. The molecule has 1 saturated heterocycles. The molecule has 1 aliphatic heterocycles. The van der Waals surface area contributed by atoms with Gasteiger partial charge in [-0.25, -0.2) is 0 Å². The van der Waals surface area contributed by atoms with Crippen LogP contribution < -0.4 is 16.0 Å². The SMILES string of the molecule is Cc1ccc(N2CCCC2)c(C(=O)NC(CN)C2CC2)c1.Cl.Cl. The summed E-state index contributed by atoms with van der Waals surface area (Å²) in [5, 5.41) is 3.15. The summed E-state index contributed by atoms with van der Waals surface area (Å²) in [6.07, 6.45) is 4.80. The first-order chi connectivity index (χ1) is 10.2. The van der Waals surface area contributed by atoms with E-state index in [-0.39, 0.29) is 36.8 Å². The molecular formula is C17H27Cl2N3O. The third-order valence-corrected chi connectivity index (χ3v) is 4.60. The monoisotopic (exact) mass is 359 g/mol. The summed E-state index contributed by atoms with van der Waals surface area (Å²) in [5.74, 6) is 0.613. The number of anilines is 1. The van der Waals surface area contributed by atoms with Crippen LogP contribution in [0.1, 0.15) is 41.6 Å². The summed E-state index contributed by atoms with van der Waals surface area (Å²) >= 11 is 0. The fraction of sp³-hybridized carbons (Fsp3) is 0.588. The molecule has 0 radical (unpaired) electrons. The zero-order chi connectivity index (χ0) is 14.8. The van der Waals surface area contributed by atoms with Crippen molar-refractivity contribution in [1.29, 1.82) is 0 Å². The van der Waals surface area contributed by atoms with Gasteiger partial charge >= 0.3 is 0 Å². The maximum absolute atomic E-state index is 12.7. The van der Waals surface area contributed by atoms with Gasteiger partial charge < -0.3 is 16.0 Å². The van der Waals surface area contributed by atoms with Crippen molar-refractivity contribution in [1.82, 2.24) is 5.32 Å². The van der Waals surface area contributed by atoms with E-state index in [9.17, 15) is 4.79 Å². The molecule has 6 heteroatoms. The average molecular weight is 360 g/mol. The number of nitrogens with two attached hydrogens (primary N) is 1. The molecule has 23 heavy (non-hydrogen) atoms. The minimum Gasteiger partial charge on any atom is -0.371 e. The molecule has 130 valence electrons. The Morgan fingerprint density at radius 1 is 1.30 bits per heavy atom. The van der Waals surface area contributed by atoms with E-state index >= 15 is 0 Å². The number of hydrogen-bond acceptors (Lipinski definition) is 3. The van der Waals surface area contributed by atoms with Gasteiger partial charge in [-0.3, -0.25) is 4.79 Å². The summed E-state index contributed by atoms with van der Waals surface area (Å²) in [4.78, 5) is 15.0. The molecule has 0 aromatic heterocycles. The van der Waals surface area contributed by atoms with Crippen molar-refractivity contribution < 1.29 is 4.79 Å². The average Bonchev–Trinajstić information content (AvgIpc) is 3.19. The van der Waals surface area contributed by atoms with Gasteiger partial charge in [0.2, 0.25) is 0 Å². The molecule has 1 atom stereocenters. The Hall–Kier alpha value is -0.970. The molecule has 1 saturated carbocycles. The van der Waals surface area contributed by atoms with E-state index in [1.54, 1.807) is 0 Å². The number of hydrogen-bond donors (Lipinski definition) is 2. The largest absolute Gasteiger partial charge is 0.371 e. The van der Waals surface area contributed by atoms with E-state index in [2.05, 4.69) is 22.3 Å². The molecule has 3 N–H and O–H groups in total. The number of nitrogens with one attached hydrogen (secondary N) is 1. The predicted molar refractivity (Wildman–Crippen MR) is 100 cm³/mol. The minimum atomic E-state index is 0. The van der Waals surface area contributed by atoms with E-state index in [1.807, 2.05) is 13.0 Å². The number of benzene rings is 1. The van der Waals surface area contributed by atoms with Gasteiger partial charge in [-0.2, -0.15) is 0 Å². The smallest absolute Gasteiger partial charge is 0.253 e. The van der Waals surface area contributed by atoms with E-state index in [1.165, 1.54) is 25.7 Å². The predicted octanol–water partition coefficient (Wildman–Crippen LogP) is 2.91. The molecule has 1 amide bonds. The van der Waals surface area contributed by atoms with Crippen LogP contribution in [0.15, 0.2) is 18.2 Å². The molecule has 2 fully saturated rings. The topological polar surface area (TPSA) is 58.4 Å². The summed E-state index contributed by atoms with van der Waals surface area (Å²) in [6, 6.07) is 6.31. The summed E-state index contributed by atoms with van der Waals surface area (Å²) in [5.41, 5.74) is 8.80. The van der Waals surface area contributed by atoms with Crippen LogP contribution >= 0.6 is 24.8 Å². The number of nitrogens with zero attached hydrogens (tertiary/aromatic N) is 1. The highest BCUT2D eigenvalue weighted by atomic mass is 35.5. The van der Waals surface area contributed by atoms with Crippen molar-refractivity contribution in [3.63, 3.8) is 0 Å². The Balaban J connectivity index is 0.00000132. The number of carbonyl (C=O) groups excluding carboxylic acids is 1. The lowest BCUT2D eigenvalue weighted by atomic mass is 10.1. The fourth-order valence-electron chi connectivity index (χ4n) is 3.18. The zero-order valence-corrected chi connectivity index (χ0v) is 15.2. The second kappa shape index (κ2) is 8.76. The summed E-state index contributed by atoms with van der Waals surface area (Å²) in [6.45, 7) is 4.66. The van der Waals surface area contributed by atoms with Gasteiger partial charge in [0.15, 0.2) is 0 Å². The van der Waals surface area contributed by atoms with Crippen LogP contribution in [0.4, 0.5) is 5.69 Å². The fourth-order valence-corrected chi connectivity index (χ4v) is 3.18. The van der Waals surface area contributed by atoms with Crippen molar-refractivity contribution in [2.75, 3.05) is 24.5 Å². The molecule has 4 nitrogen and oxygen atoms in total. The second-order valence-electron chi connectivity index (χ2n) is 6.37. The van der Waals surface area contributed by atoms with Crippen LogP contribution in [0.3, 0.4) is 0 Å². The number of aryl methyl sites for hydroxylation is 1. The van der Waals surface area contributed by atoms with Crippen LogP contribution in [0.5, 0.6) is 0 Å². The summed E-state index contributed by atoms with van der Waals surface area (Å²) < 4.78 is 0. The van der Waals surface area contributed by atoms with Crippen LogP contribution in [0.2, 0.25) is 0 Å². The molecular weight excluding hydrogens is 333 g/mol. The van der Waals surface area contributed by atoms with Crippen LogP contribution in [-0.2, 0) is 0 Å². The maximum atomic E-state index is 12.7. The maximum Gasteiger partial charge on any atom is 0.253 e. The highest BCUT2D eigenvalue weighted by Gasteiger charge is 2.32. The second-order valence-corrected chi connectivity index (χ2v) is 6.37. The first-order valence-corrected chi connectivity index (χ1v) is 8.05. The van der Waals surface area contributed by atoms with Crippen molar-refractivity contribution in [3.8, 4) is 0 Å². The zero-order valence-electron chi connectivity index (χ0n) is 13.6. The summed E-state index contributed by atoms with van der Waals surface area (Å²) in [7, 11) is 0. The standard InChI is InChI=1S/C17H25N3O.2ClH/c1-12-4-7-16(20-8-2-3-9-20)14(10-12)17(21)19-15(11-18)13-5-6-13;;/h4,7,10,13,15H,2-3,5-6,8-9,11,18H2,1H3,(H,19,21);2*1H. The van der Waals surface area contributed by atoms with E-state index in [0.29, 0.717) is 12.5 Å². The lowest BCUT2D eigenvalue weighted by molar-refractivity contribution is 0.0934. The van der Waals surface area contributed by atoms with Crippen LogP contribution in [-0.4, -0.2) is 31.6 Å². The van der Waals surface area contributed by atoms with E-state index in [0.717, 1.165) is 29.9 Å². The Morgan fingerprint density at radius 2 is 1.96 bits per heavy atom. The van der Waals surface area contributed by atoms with Gasteiger partial charge in [0.1, 0.15) is 0 Å². The number of rotatable bonds is 5. The molecule has 3 rings (SSSR count). The Labute approximate surface area is 151 Å². The number of carbonyl (C=O) groups is 1. The van der Waals surface area contributed by atoms with Crippen molar-refractivity contribution in [3.05, 3.63) is 29.3 Å². The van der Waals surface area contributed by atoms with Gasteiger partial charge in [-0.15, -0.1) is 24.8 Å². The Morgan fingerprint density at radius 3 is 2.52 bits per heavy atom. The van der Waals surface area contributed by atoms with Gasteiger partial charge in [-0.1, -0.05) is 11.6 Å². The minimum absolute atomic E-state index is 0. The van der Waals surface area contributed by atoms with Crippen molar-refractivity contribution >= 4 is 36.4 Å². The van der Waals surface area contributed by atoms with Gasteiger partial charge in [0.25, 0.3) is 5.91 Å². The van der Waals surface area contributed by atoms with E-state index < -0.39 is 0 Å². The van der Waals surface area contributed by atoms with Gasteiger partial charge in [0.05, 0.1) is 5.56 Å². The quantitative estimate of drug-likeness (QED) is 0.849. The molecule has 1 aliphatic carbocycles. The highest BCUT2D eigenvalue weighted by molar-refractivity contribution is 6.00. The van der Waals surface area contributed by atoms with E-state index in [4.69, 9.17) is 5.73 Å². The first-order valence-electron chi connectivity index (χ1n) is 8.05. The van der Waals surface area contributed by atoms with Gasteiger partial charge in [0, 0.05) is 31.4 Å². The lowest BCUT2D eigenvalue weighted by Gasteiger charge is -2.23. The molecule has 1 heterocycles. The molecule has 0 spiro atoms. The molecule has 2 aliphatic rings. The molecule has 0 bridgehead atoms. The van der Waals surface area contributed by atoms with Gasteiger partial charge in [-0.05, 0) is 50.7 Å². The number of halogens is 2. The first kappa shape index (κ1) is 20.1. The third kappa shape index (κ3) is 4.75. The normalized spacial score (nSPS) is 17.9. The number of amides is 1. The highest BCUT2D eigenvalue weighted by Crippen LogP contribution is 2.33. The molecule has 1 aromatic rings. The Kier molecular flexibility index (Phi) is 7.65. The third-order valence-electron chi connectivity index (χ3n) is 4.60. The lowest BCUT2D eigenvalue weighted by Crippen LogP contribution is -2.42.